The third kappa shape index (κ3) is 4.04. The number of hydrogen-bond acceptors (Lipinski definition) is 3. The topological polar surface area (TPSA) is 21.3 Å². The monoisotopic (exact) mass is 369 g/mol. The van der Waals surface area contributed by atoms with Crippen molar-refractivity contribution in [2.45, 2.75) is 50.3 Å². The molecule has 2 heterocycles. The zero-order valence-corrected chi connectivity index (χ0v) is 15.0. The molecule has 2 aliphatic rings. The summed E-state index contributed by atoms with van der Waals surface area (Å²) in [6, 6.07) is 9.58. The Morgan fingerprint density at radius 3 is 2.95 bits per heavy atom. The lowest BCUT2D eigenvalue weighted by atomic mass is 9.85. The standard InChI is InChI=1S/C17H24BrNOS/c1-13(14-3-2-4-15(18)11-14)19-16-5-8-20-17(12-16)6-9-21-10-7-17/h2-4,11,13,16,19H,5-10,12H2,1H3/t13-,16?/m1/s1. The van der Waals surface area contributed by atoms with Gasteiger partial charge in [-0.2, -0.15) is 11.8 Å². The van der Waals surface area contributed by atoms with Crippen LogP contribution >= 0.6 is 27.7 Å². The molecule has 2 fully saturated rings. The maximum atomic E-state index is 6.18. The molecule has 2 atom stereocenters. The van der Waals surface area contributed by atoms with Crippen LogP contribution in [0.15, 0.2) is 28.7 Å². The van der Waals surface area contributed by atoms with Gasteiger partial charge in [0.15, 0.2) is 0 Å². The van der Waals surface area contributed by atoms with E-state index in [4.69, 9.17) is 4.74 Å². The zero-order chi connectivity index (χ0) is 14.7. The number of thioether (sulfide) groups is 1. The first-order valence-electron chi connectivity index (χ1n) is 7.90. The Hall–Kier alpha value is -0.0300. The van der Waals surface area contributed by atoms with Crippen LogP contribution in [0.3, 0.4) is 0 Å². The molecule has 0 aliphatic carbocycles. The third-order valence-electron chi connectivity index (χ3n) is 4.73. The van der Waals surface area contributed by atoms with E-state index in [9.17, 15) is 0 Å². The molecule has 1 aromatic carbocycles. The molecule has 4 heteroatoms. The van der Waals surface area contributed by atoms with Crippen LogP contribution in [0.2, 0.25) is 0 Å². The van der Waals surface area contributed by atoms with Crippen LogP contribution in [0.4, 0.5) is 0 Å². The van der Waals surface area contributed by atoms with Gasteiger partial charge in [-0.1, -0.05) is 28.1 Å². The van der Waals surface area contributed by atoms with Crippen LogP contribution in [0, 0.1) is 0 Å². The summed E-state index contributed by atoms with van der Waals surface area (Å²) in [5.74, 6) is 2.52. The molecule has 0 amide bonds. The molecule has 1 unspecified atom stereocenters. The first-order chi connectivity index (χ1) is 10.2. The molecule has 0 aromatic heterocycles. The largest absolute Gasteiger partial charge is 0.375 e. The van der Waals surface area contributed by atoms with E-state index in [1.54, 1.807) is 0 Å². The van der Waals surface area contributed by atoms with Gasteiger partial charge < -0.3 is 10.1 Å². The van der Waals surface area contributed by atoms with E-state index in [0.717, 1.165) is 17.5 Å². The van der Waals surface area contributed by atoms with Gasteiger partial charge in [-0.3, -0.25) is 0 Å². The maximum Gasteiger partial charge on any atom is 0.0713 e. The van der Waals surface area contributed by atoms with Crippen molar-refractivity contribution in [3.05, 3.63) is 34.3 Å². The average molecular weight is 370 g/mol. The Morgan fingerprint density at radius 1 is 1.38 bits per heavy atom. The molecule has 2 nitrogen and oxygen atoms in total. The van der Waals surface area contributed by atoms with E-state index in [1.165, 1.54) is 36.3 Å². The smallest absolute Gasteiger partial charge is 0.0713 e. The Labute approximate surface area is 140 Å². The van der Waals surface area contributed by atoms with E-state index in [0.29, 0.717) is 12.1 Å². The quantitative estimate of drug-likeness (QED) is 0.844. The van der Waals surface area contributed by atoms with E-state index < -0.39 is 0 Å². The predicted octanol–water partition coefficient (Wildman–Crippen LogP) is 4.54. The lowest BCUT2D eigenvalue weighted by Gasteiger charge is -2.44. The number of ether oxygens (including phenoxy) is 1. The minimum Gasteiger partial charge on any atom is -0.375 e. The van der Waals surface area contributed by atoms with Gasteiger partial charge in [-0.25, -0.2) is 0 Å². The van der Waals surface area contributed by atoms with Crippen molar-refractivity contribution in [2.75, 3.05) is 18.1 Å². The molecule has 21 heavy (non-hydrogen) atoms. The summed E-state index contributed by atoms with van der Waals surface area (Å²) in [6.45, 7) is 3.17. The summed E-state index contributed by atoms with van der Waals surface area (Å²) >= 11 is 5.63. The van der Waals surface area contributed by atoms with E-state index >= 15 is 0 Å². The predicted molar refractivity (Wildman–Crippen MR) is 94.0 cm³/mol. The molecule has 2 aliphatic heterocycles. The Kier molecular flexibility index (Phi) is 5.31. The molecule has 0 bridgehead atoms. The number of hydrogen-bond donors (Lipinski definition) is 1. The summed E-state index contributed by atoms with van der Waals surface area (Å²) in [5.41, 5.74) is 1.52. The van der Waals surface area contributed by atoms with Crippen LogP contribution in [0.5, 0.6) is 0 Å². The Bertz CT molecular complexity index is 470. The van der Waals surface area contributed by atoms with E-state index in [1.807, 2.05) is 0 Å². The summed E-state index contributed by atoms with van der Waals surface area (Å²) in [5, 5.41) is 3.83. The minimum atomic E-state index is 0.165. The van der Waals surface area contributed by atoms with Crippen molar-refractivity contribution in [1.29, 1.82) is 0 Å². The fraction of sp³-hybridized carbons (Fsp3) is 0.647. The van der Waals surface area contributed by atoms with Crippen molar-refractivity contribution in [3.63, 3.8) is 0 Å². The second-order valence-corrected chi connectivity index (χ2v) is 8.42. The van der Waals surface area contributed by atoms with Gasteiger partial charge in [0.1, 0.15) is 0 Å². The van der Waals surface area contributed by atoms with Crippen molar-refractivity contribution in [3.8, 4) is 0 Å². The van der Waals surface area contributed by atoms with Gasteiger partial charge in [0, 0.05) is 23.2 Å². The normalized spacial score (nSPS) is 26.7. The fourth-order valence-electron chi connectivity index (χ4n) is 3.49. The molecule has 1 aromatic rings. The molecule has 3 rings (SSSR count). The van der Waals surface area contributed by atoms with E-state index in [2.05, 4.69) is 64.2 Å². The summed E-state index contributed by atoms with van der Waals surface area (Å²) < 4.78 is 7.34. The summed E-state index contributed by atoms with van der Waals surface area (Å²) in [4.78, 5) is 0. The number of benzene rings is 1. The van der Waals surface area contributed by atoms with Crippen LogP contribution in [-0.4, -0.2) is 29.8 Å². The van der Waals surface area contributed by atoms with Gasteiger partial charge in [-0.05, 0) is 61.8 Å². The molecule has 0 radical (unpaired) electrons. The van der Waals surface area contributed by atoms with Crippen LogP contribution in [-0.2, 0) is 4.74 Å². The van der Waals surface area contributed by atoms with E-state index in [-0.39, 0.29) is 5.60 Å². The second-order valence-electron chi connectivity index (χ2n) is 6.28. The zero-order valence-electron chi connectivity index (χ0n) is 12.6. The average Bonchev–Trinajstić information content (AvgIpc) is 2.48. The van der Waals surface area contributed by atoms with Gasteiger partial charge in [0.25, 0.3) is 0 Å². The van der Waals surface area contributed by atoms with Crippen molar-refractivity contribution in [1.82, 2.24) is 5.32 Å². The van der Waals surface area contributed by atoms with Crippen molar-refractivity contribution < 1.29 is 4.74 Å². The minimum absolute atomic E-state index is 0.165. The summed E-state index contributed by atoms with van der Waals surface area (Å²) in [6.07, 6.45) is 4.75. The molecule has 1 spiro atoms. The second kappa shape index (κ2) is 7.03. The maximum absolute atomic E-state index is 6.18. The number of halogens is 1. The Morgan fingerprint density at radius 2 is 2.19 bits per heavy atom. The van der Waals surface area contributed by atoms with Gasteiger partial charge in [0.2, 0.25) is 0 Å². The molecule has 1 N–H and O–H groups in total. The number of nitrogens with one attached hydrogen (secondary N) is 1. The first-order valence-corrected chi connectivity index (χ1v) is 9.85. The SMILES string of the molecule is C[C@@H](NC1CCOC2(CCSCC2)C1)c1cccc(Br)c1. The van der Waals surface area contributed by atoms with Crippen molar-refractivity contribution >= 4 is 27.7 Å². The first kappa shape index (κ1) is 15.9. The highest BCUT2D eigenvalue weighted by Crippen LogP contribution is 2.38. The Balaban J connectivity index is 1.61. The fourth-order valence-corrected chi connectivity index (χ4v) is 5.14. The van der Waals surface area contributed by atoms with Crippen LogP contribution in [0.1, 0.15) is 44.2 Å². The highest BCUT2D eigenvalue weighted by molar-refractivity contribution is 9.10. The van der Waals surface area contributed by atoms with Gasteiger partial charge in [-0.15, -0.1) is 0 Å². The lowest BCUT2D eigenvalue weighted by Crippen LogP contribution is -2.49. The van der Waals surface area contributed by atoms with Crippen LogP contribution < -0.4 is 5.32 Å². The van der Waals surface area contributed by atoms with Gasteiger partial charge in [0.05, 0.1) is 5.60 Å². The van der Waals surface area contributed by atoms with Crippen molar-refractivity contribution in [2.24, 2.45) is 0 Å². The third-order valence-corrected chi connectivity index (χ3v) is 6.21. The molecular formula is C17H24BrNOS. The molecular weight excluding hydrogens is 346 g/mol. The highest BCUT2D eigenvalue weighted by Gasteiger charge is 2.38. The molecule has 2 saturated heterocycles. The number of rotatable bonds is 3. The van der Waals surface area contributed by atoms with Gasteiger partial charge >= 0.3 is 0 Å². The molecule has 116 valence electrons. The highest BCUT2D eigenvalue weighted by atomic mass is 79.9. The molecule has 0 saturated carbocycles. The summed E-state index contributed by atoms with van der Waals surface area (Å²) in [7, 11) is 0. The van der Waals surface area contributed by atoms with Crippen LogP contribution in [0.25, 0.3) is 0 Å². The lowest BCUT2D eigenvalue weighted by molar-refractivity contribution is -0.0940.